The maximum absolute atomic E-state index is 11.1. The van der Waals surface area contributed by atoms with Crippen molar-refractivity contribution in [1.82, 2.24) is 4.90 Å². The molecule has 1 N–H and O–H groups in total. The fraction of sp³-hybridized carbons (Fsp3) is 0.909. The molecule has 15 heavy (non-hydrogen) atoms. The van der Waals surface area contributed by atoms with Gasteiger partial charge in [0.1, 0.15) is 0 Å². The van der Waals surface area contributed by atoms with Gasteiger partial charge < -0.3 is 9.84 Å². The van der Waals surface area contributed by atoms with Crippen molar-refractivity contribution >= 4 is 5.97 Å². The number of rotatable bonds is 8. The highest BCUT2D eigenvalue weighted by molar-refractivity contribution is 5.69. The van der Waals surface area contributed by atoms with Gasteiger partial charge in [0.05, 0.1) is 20.1 Å². The molecule has 0 radical (unpaired) electrons. The highest BCUT2D eigenvalue weighted by Crippen LogP contribution is 2.06. The number of methoxy groups -OCH3 is 1. The van der Waals surface area contributed by atoms with Crippen LogP contribution in [0.3, 0.4) is 0 Å². The Labute approximate surface area is 92.2 Å². The zero-order valence-electron chi connectivity index (χ0n) is 10.0. The molecule has 4 nitrogen and oxygen atoms in total. The molecule has 1 atom stereocenters. The van der Waals surface area contributed by atoms with Crippen LogP contribution in [0.2, 0.25) is 0 Å². The number of aliphatic hydroxyl groups is 1. The summed E-state index contributed by atoms with van der Waals surface area (Å²) in [6, 6.07) is 0.135. The van der Waals surface area contributed by atoms with Gasteiger partial charge in [0, 0.05) is 12.6 Å². The van der Waals surface area contributed by atoms with Crippen LogP contribution >= 0.6 is 0 Å². The highest BCUT2D eigenvalue weighted by atomic mass is 16.5. The number of nitrogens with zero attached hydrogens (tertiary/aromatic N) is 1. The van der Waals surface area contributed by atoms with Gasteiger partial charge >= 0.3 is 5.97 Å². The molecule has 0 rings (SSSR count). The molecule has 4 heteroatoms. The van der Waals surface area contributed by atoms with E-state index >= 15 is 0 Å². The molecule has 0 aromatic rings. The van der Waals surface area contributed by atoms with E-state index in [4.69, 9.17) is 5.11 Å². The number of esters is 1. The van der Waals surface area contributed by atoms with E-state index in [9.17, 15) is 4.79 Å². The van der Waals surface area contributed by atoms with E-state index in [1.54, 1.807) is 0 Å². The lowest BCUT2D eigenvalue weighted by molar-refractivity contribution is -0.142. The van der Waals surface area contributed by atoms with Gasteiger partial charge in [0.15, 0.2) is 0 Å². The molecule has 0 aromatic carbocycles. The van der Waals surface area contributed by atoms with E-state index in [1.165, 1.54) is 7.11 Å². The van der Waals surface area contributed by atoms with Crippen LogP contribution in [0.4, 0.5) is 0 Å². The normalized spacial score (nSPS) is 12.9. The second kappa shape index (κ2) is 8.68. The minimum absolute atomic E-state index is 0.134. The number of carbonyl (C=O) groups excluding carboxylic acids is 1. The lowest BCUT2D eigenvalue weighted by atomic mass is 10.2. The highest BCUT2D eigenvalue weighted by Gasteiger charge is 2.16. The van der Waals surface area contributed by atoms with Crippen molar-refractivity contribution in [3.05, 3.63) is 0 Å². The van der Waals surface area contributed by atoms with Gasteiger partial charge in [-0.25, -0.2) is 0 Å². The number of hydrogen-bond donors (Lipinski definition) is 1. The second-order valence-corrected chi connectivity index (χ2v) is 3.74. The third-order valence-corrected chi connectivity index (χ3v) is 2.50. The summed E-state index contributed by atoms with van der Waals surface area (Å²) in [4.78, 5) is 13.2. The predicted octanol–water partition coefficient (Wildman–Crippen LogP) is 1.03. The summed E-state index contributed by atoms with van der Waals surface area (Å²) in [6.07, 6.45) is 2.60. The molecule has 0 saturated carbocycles. The lowest BCUT2D eigenvalue weighted by Crippen LogP contribution is -2.37. The van der Waals surface area contributed by atoms with Crippen molar-refractivity contribution in [3.8, 4) is 0 Å². The Morgan fingerprint density at radius 1 is 1.47 bits per heavy atom. The molecule has 0 saturated heterocycles. The van der Waals surface area contributed by atoms with Crippen LogP contribution < -0.4 is 0 Å². The van der Waals surface area contributed by atoms with Crippen LogP contribution in [-0.2, 0) is 9.53 Å². The summed E-state index contributed by atoms with van der Waals surface area (Å²) in [5.41, 5.74) is 0. The maximum atomic E-state index is 11.1. The Morgan fingerprint density at radius 3 is 2.60 bits per heavy atom. The Bertz CT molecular complexity index is 173. The average molecular weight is 217 g/mol. The molecule has 0 aliphatic rings. The predicted molar refractivity (Wildman–Crippen MR) is 59.7 cm³/mol. The standard InChI is InChI=1S/C11H23NO3/c1-4-5-6-12(7-8-13)10(2)9-11(14)15-3/h10,13H,4-9H2,1-3H3. The third kappa shape index (κ3) is 6.47. The second-order valence-electron chi connectivity index (χ2n) is 3.74. The van der Waals surface area contributed by atoms with Gasteiger partial charge in [-0.1, -0.05) is 13.3 Å². The van der Waals surface area contributed by atoms with Crippen molar-refractivity contribution in [2.75, 3.05) is 26.8 Å². The van der Waals surface area contributed by atoms with E-state index in [0.717, 1.165) is 19.4 Å². The van der Waals surface area contributed by atoms with Crippen molar-refractivity contribution in [3.63, 3.8) is 0 Å². The quantitative estimate of drug-likeness (QED) is 0.617. The zero-order valence-corrected chi connectivity index (χ0v) is 10.0. The molecule has 0 spiro atoms. The first-order chi connectivity index (χ1) is 7.15. The van der Waals surface area contributed by atoms with E-state index in [0.29, 0.717) is 13.0 Å². The van der Waals surface area contributed by atoms with Crippen molar-refractivity contribution in [2.24, 2.45) is 0 Å². The van der Waals surface area contributed by atoms with Crippen LogP contribution in [0.25, 0.3) is 0 Å². The Kier molecular flexibility index (Phi) is 8.33. The van der Waals surface area contributed by atoms with Gasteiger partial charge in [-0.15, -0.1) is 0 Å². The smallest absolute Gasteiger partial charge is 0.307 e. The summed E-state index contributed by atoms with van der Waals surface area (Å²) in [5.74, 6) is -0.193. The molecule has 0 fully saturated rings. The number of aliphatic hydroxyl groups excluding tert-OH is 1. The molecule has 90 valence electrons. The first-order valence-corrected chi connectivity index (χ1v) is 5.57. The van der Waals surface area contributed by atoms with Gasteiger partial charge in [-0.05, 0) is 19.9 Å². The fourth-order valence-corrected chi connectivity index (χ4v) is 1.50. The van der Waals surface area contributed by atoms with Crippen LogP contribution in [0.1, 0.15) is 33.1 Å². The summed E-state index contributed by atoms with van der Waals surface area (Å²) in [6.45, 7) is 5.80. The molecule has 0 amide bonds. The van der Waals surface area contributed by atoms with Crippen molar-refractivity contribution in [1.29, 1.82) is 0 Å². The molecule has 1 unspecified atom stereocenters. The summed E-state index contributed by atoms with van der Waals surface area (Å²) in [5, 5.41) is 8.92. The van der Waals surface area contributed by atoms with Gasteiger partial charge in [0.2, 0.25) is 0 Å². The third-order valence-electron chi connectivity index (χ3n) is 2.50. The molecule has 0 heterocycles. The van der Waals surface area contributed by atoms with Crippen LogP contribution in [0, 0.1) is 0 Å². The van der Waals surface area contributed by atoms with Crippen LogP contribution in [-0.4, -0.2) is 48.8 Å². The minimum atomic E-state index is -0.193. The first-order valence-electron chi connectivity index (χ1n) is 5.57. The van der Waals surface area contributed by atoms with E-state index in [2.05, 4.69) is 16.6 Å². The lowest BCUT2D eigenvalue weighted by Gasteiger charge is -2.27. The van der Waals surface area contributed by atoms with Gasteiger partial charge in [0.25, 0.3) is 0 Å². The molecule has 0 aliphatic heterocycles. The van der Waals surface area contributed by atoms with E-state index in [-0.39, 0.29) is 18.6 Å². The SMILES string of the molecule is CCCCN(CCO)C(C)CC(=O)OC. The number of hydrogen-bond acceptors (Lipinski definition) is 4. The van der Waals surface area contributed by atoms with E-state index < -0.39 is 0 Å². The molecular formula is C11H23NO3. The minimum Gasteiger partial charge on any atom is -0.469 e. The number of ether oxygens (including phenoxy) is 1. The van der Waals surface area contributed by atoms with Gasteiger partial charge in [-0.2, -0.15) is 0 Å². The molecule has 0 bridgehead atoms. The number of unbranched alkanes of at least 4 members (excludes halogenated alkanes) is 1. The van der Waals surface area contributed by atoms with Crippen LogP contribution in [0.15, 0.2) is 0 Å². The zero-order chi connectivity index (χ0) is 11.7. The Morgan fingerprint density at radius 2 is 2.13 bits per heavy atom. The summed E-state index contributed by atoms with van der Waals surface area (Å²) >= 11 is 0. The van der Waals surface area contributed by atoms with Crippen molar-refractivity contribution in [2.45, 2.75) is 39.2 Å². The van der Waals surface area contributed by atoms with E-state index in [1.807, 2.05) is 6.92 Å². The molecular weight excluding hydrogens is 194 g/mol. The first kappa shape index (κ1) is 14.4. The molecule has 0 aromatic heterocycles. The fourth-order valence-electron chi connectivity index (χ4n) is 1.50. The van der Waals surface area contributed by atoms with Crippen LogP contribution in [0.5, 0.6) is 0 Å². The molecule has 0 aliphatic carbocycles. The monoisotopic (exact) mass is 217 g/mol. The summed E-state index contributed by atoms with van der Waals surface area (Å²) in [7, 11) is 1.40. The number of carbonyl (C=O) groups is 1. The Hall–Kier alpha value is -0.610. The summed E-state index contributed by atoms with van der Waals surface area (Å²) < 4.78 is 4.63. The largest absolute Gasteiger partial charge is 0.469 e. The maximum Gasteiger partial charge on any atom is 0.307 e. The average Bonchev–Trinajstić information content (AvgIpc) is 2.23. The van der Waals surface area contributed by atoms with Crippen molar-refractivity contribution < 1.29 is 14.6 Å². The van der Waals surface area contributed by atoms with Gasteiger partial charge in [-0.3, -0.25) is 9.69 Å². The Balaban J connectivity index is 4.02. The topological polar surface area (TPSA) is 49.8 Å².